The van der Waals surface area contributed by atoms with Crippen LogP contribution in [0.3, 0.4) is 0 Å². The monoisotopic (exact) mass is 270 g/mol. The quantitative estimate of drug-likeness (QED) is 0.642. The molecule has 2 N–H and O–H groups in total. The first-order valence-electron chi connectivity index (χ1n) is 6.29. The SMILES string of the molecule is C/C=N\Nc1nnc2c(n1)O[C@@H](C)Nc1ccccc1-2. The second kappa shape index (κ2) is 5.12. The van der Waals surface area contributed by atoms with Gasteiger partial charge in [0.15, 0.2) is 11.9 Å². The van der Waals surface area contributed by atoms with Crippen molar-refractivity contribution in [2.45, 2.75) is 20.1 Å². The van der Waals surface area contributed by atoms with Crippen molar-refractivity contribution >= 4 is 17.9 Å². The molecule has 1 aliphatic heterocycles. The molecule has 0 bridgehead atoms. The molecule has 2 heterocycles. The Morgan fingerprint density at radius 3 is 3.05 bits per heavy atom. The van der Waals surface area contributed by atoms with Crippen molar-refractivity contribution in [2.75, 3.05) is 10.7 Å². The summed E-state index contributed by atoms with van der Waals surface area (Å²) in [6, 6.07) is 7.82. The molecular formula is C13H14N6O. The van der Waals surface area contributed by atoms with Gasteiger partial charge in [0.2, 0.25) is 5.88 Å². The van der Waals surface area contributed by atoms with Gasteiger partial charge in [-0.2, -0.15) is 10.1 Å². The molecule has 20 heavy (non-hydrogen) atoms. The lowest BCUT2D eigenvalue weighted by atomic mass is 10.1. The average Bonchev–Trinajstić information content (AvgIpc) is 2.59. The number of hydrogen-bond acceptors (Lipinski definition) is 7. The fourth-order valence-corrected chi connectivity index (χ4v) is 1.96. The fourth-order valence-electron chi connectivity index (χ4n) is 1.96. The first-order valence-corrected chi connectivity index (χ1v) is 6.29. The number of nitrogens with zero attached hydrogens (tertiary/aromatic N) is 4. The van der Waals surface area contributed by atoms with Crippen LogP contribution in [0, 0.1) is 0 Å². The topological polar surface area (TPSA) is 84.3 Å². The molecule has 1 aliphatic rings. The van der Waals surface area contributed by atoms with Crippen LogP contribution in [0.25, 0.3) is 11.3 Å². The molecule has 102 valence electrons. The highest BCUT2D eigenvalue weighted by atomic mass is 16.5. The summed E-state index contributed by atoms with van der Waals surface area (Å²) in [7, 11) is 0. The number of anilines is 2. The molecule has 1 aromatic heterocycles. The van der Waals surface area contributed by atoms with Crippen LogP contribution in [0.1, 0.15) is 13.8 Å². The van der Waals surface area contributed by atoms with E-state index in [1.165, 1.54) is 0 Å². The van der Waals surface area contributed by atoms with Crippen LogP contribution in [0.15, 0.2) is 29.4 Å². The molecule has 0 saturated heterocycles. The second-order valence-electron chi connectivity index (χ2n) is 4.24. The van der Waals surface area contributed by atoms with Crippen LogP contribution >= 0.6 is 0 Å². The van der Waals surface area contributed by atoms with E-state index < -0.39 is 0 Å². The number of benzene rings is 1. The Kier molecular flexibility index (Phi) is 3.16. The van der Waals surface area contributed by atoms with E-state index in [1.807, 2.05) is 31.2 Å². The Morgan fingerprint density at radius 1 is 1.35 bits per heavy atom. The summed E-state index contributed by atoms with van der Waals surface area (Å²) in [5, 5.41) is 15.3. The highest BCUT2D eigenvalue weighted by molar-refractivity contribution is 5.79. The highest BCUT2D eigenvalue weighted by Crippen LogP contribution is 2.35. The van der Waals surface area contributed by atoms with Crippen molar-refractivity contribution in [3.63, 3.8) is 0 Å². The van der Waals surface area contributed by atoms with Crippen LogP contribution in [0.4, 0.5) is 11.6 Å². The van der Waals surface area contributed by atoms with Crippen LogP contribution in [-0.4, -0.2) is 27.6 Å². The molecule has 0 unspecified atom stereocenters. The van der Waals surface area contributed by atoms with Gasteiger partial charge in [-0.1, -0.05) is 18.2 Å². The number of rotatable bonds is 2. The summed E-state index contributed by atoms with van der Waals surface area (Å²) >= 11 is 0. The lowest BCUT2D eigenvalue weighted by Gasteiger charge is -2.13. The molecule has 0 aliphatic carbocycles. The summed E-state index contributed by atoms with van der Waals surface area (Å²) in [4.78, 5) is 4.30. The minimum atomic E-state index is -0.211. The van der Waals surface area contributed by atoms with Gasteiger partial charge < -0.3 is 10.1 Å². The summed E-state index contributed by atoms with van der Waals surface area (Å²) in [6.45, 7) is 3.70. The van der Waals surface area contributed by atoms with E-state index in [9.17, 15) is 0 Å². The molecule has 7 heteroatoms. The molecule has 7 nitrogen and oxygen atoms in total. The van der Waals surface area contributed by atoms with Crippen LogP contribution in [0.5, 0.6) is 5.88 Å². The number of nitrogens with one attached hydrogen (secondary N) is 2. The molecule has 0 radical (unpaired) electrons. The summed E-state index contributed by atoms with van der Waals surface area (Å²) in [6.07, 6.45) is 1.40. The summed E-state index contributed by atoms with van der Waals surface area (Å²) < 4.78 is 5.74. The predicted molar refractivity (Wildman–Crippen MR) is 76.8 cm³/mol. The molecule has 0 spiro atoms. The Morgan fingerprint density at radius 2 is 2.20 bits per heavy atom. The zero-order valence-electron chi connectivity index (χ0n) is 11.2. The molecule has 0 saturated carbocycles. The van der Waals surface area contributed by atoms with Crippen molar-refractivity contribution in [3.05, 3.63) is 24.3 Å². The predicted octanol–water partition coefficient (Wildman–Crippen LogP) is 2.11. The van der Waals surface area contributed by atoms with Gasteiger partial charge in [0.25, 0.3) is 5.95 Å². The maximum absolute atomic E-state index is 5.74. The molecule has 0 fully saturated rings. The van der Waals surface area contributed by atoms with Crippen molar-refractivity contribution in [1.82, 2.24) is 15.2 Å². The number of ether oxygens (including phenoxy) is 1. The van der Waals surface area contributed by atoms with Crippen molar-refractivity contribution in [2.24, 2.45) is 5.10 Å². The van der Waals surface area contributed by atoms with E-state index in [-0.39, 0.29) is 6.23 Å². The maximum Gasteiger partial charge on any atom is 0.266 e. The normalized spacial score (nSPS) is 16.6. The van der Waals surface area contributed by atoms with Gasteiger partial charge in [-0.05, 0) is 19.9 Å². The van der Waals surface area contributed by atoms with E-state index in [0.29, 0.717) is 17.5 Å². The number of fused-ring (bicyclic) bond motifs is 3. The minimum Gasteiger partial charge on any atom is -0.452 e. The zero-order valence-corrected chi connectivity index (χ0v) is 11.2. The fraction of sp³-hybridized carbons (Fsp3) is 0.231. The van der Waals surface area contributed by atoms with Crippen LogP contribution in [0.2, 0.25) is 0 Å². The lowest BCUT2D eigenvalue weighted by Crippen LogP contribution is -2.21. The van der Waals surface area contributed by atoms with E-state index in [1.54, 1.807) is 13.1 Å². The largest absolute Gasteiger partial charge is 0.452 e. The van der Waals surface area contributed by atoms with Gasteiger partial charge in [-0.3, -0.25) is 0 Å². The van der Waals surface area contributed by atoms with E-state index in [0.717, 1.165) is 11.3 Å². The number of aromatic nitrogens is 3. The third-order valence-electron chi connectivity index (χ3n) is 2.78. The van der Waals surface area contributed by atoms with Crippen molar-refractivity contribution < 1.29 is 4.74 Å². The van der Waals surface area contributed by atoms with Crippen molar-refractivity contribution in [1.29, 1.82) is 0 Å². The van der Waals surface area contributed by atoms with E-state index in [2.05, 4.69) is 31.0 Å². The maximum atomic E-state index is 5.74. The standard InChI is InChI=1S/C13H14N6O/c1-3-14-18-13-16-12-11(17-19-13)9-6-4-5-7-10(9)15-8(2)20-12/h3-8,15H,1-2H3,(H,16,18,19)/b14-3-/t8-/m0/s1. The van der Waals surface area contributed by atoms with E-state index in [4.69, 9.17) is 4.74 Å². The molecule has 0 amide bonds. The van der Waals surface area contributed by atoms with E-state index >= 15 is 0 Å². The lowest BCUT2D eigenvalue weighted by molar-refractivity contribution is 0.242. The molecule has 2 aromatic rings. The van der Waals surface area contributed by atoms with Gasteiger partial charge in [0.1, 0.15) is 0 Å². The Bertz CT molecular complexity index is 657. The molecule has 3 rings (SSSR count). The Hall–Kier alpha value is -2.70. The number of hydrazone groups is 1. The van der Waals surface area contributed by atoms with Gasteiger partial charge in [0, 0.05) is 17.5 Å². The number of hydrogen-bond donors (Lipinski definition) is 2. The molecule has 1 aromatic carbocycles. The smallest absolute Gasteiger partial charge is 0.266 e. The Balaban J connectivity index is 2.08. The van der Waals surface area contributed by atoms with Crippen LogP contribution in [-0.2, 0) is 0 Å². The van der Waals surface area contributed by atoms with Gasteiger partial charge in [-0.15, -0.1) is 10.2 Å². The summed E-state index contributed by atoms with van der Waals surface area (Å²) in [5.41, 5.74) is 5.16. The molecular weight excluding hydrogens is 256 g/mol. The van der Waals surface area contributed by atoms with Gasteiger partial charge in [-0.25, -0.2) is 5.43 Å². The molecule has 1 atom stereocenters. The Labute approximate surface area is 116 Å². The third-order valence-corrected chi connectivity index (χ3v) is 2.78. The van der Waals surface area contributed by atoms with Crippen molar-refractivity contribution in [3.8, 4) is 17.1 Å². The minimum absolute atomic E-state index is 0.211. The summed E-state index contributed by atoms with van der Waals surface area (Å²) in [5.74, 6) is 0.729. The second-order valence-corrected chi connectivity index (χ2v) is 4.24. The van der Waals surface area contributed by atoms with Gasteiger partial charge >= 0.3 is 0 Å². The first-order chi connectivity index (χ1) is 9.78. The number of para-hydroxylation sites is 1. The highest BCUT2D eigenvalue weighted by Gasteiger charge is 2.22. The third kappa shape index (κ3) is 2.25. The van der Waals surface area contributed by atoms with Gasteiger partial charge in [0.05, 0.1) is 0 Å². The first kappa shape index (κ1) is 12.3. The average molecular weight is 270 g/mol. The van der Waals surface area contributed by atoms with Crippen LogP contribution < -0.4 is 15.5 Å². The zero-order chi connectivity index (χ0) is 13.9.